The molecule has 16 heavy (non-hydrogen) atoms. The number of piperidine rings is 1. The topological polar surface area (TPSA) is 48.7 Å². The van der Waals surface area contributed by atoms with E-state index in [-0.39, 0.29) is 5.41 Å². The Morgan fingerprint density at radius 2 is 2.19 bits per heavy atom. The molecular weight excluding hydrogens is 198 g/mol. The second-order valence-electron chi connectivity index (χ2n) is 4.63. The van der Waals surface area contributed by atoms with Crippen LogP contribution in [0.25, 0.3) is 0 Å². The third-order valence-electron chi connectivity index (χ3n) is 3.31. The average molecular weight is 215 g/mol. The lowest BCUT2D eigenvalue weighted by Crippen LogP contribution is -2.37. The molecule has 1 aliphatic heterocycles. The van der Waals surface area contributed by atoms with Crippen molar-refractivity contribution in [2.45, 2.75) is 26.2 Å². The Morgan fingerprint density at radius 3 is 2.75 bits per heavy atom. The van der Waals surface area contributed by atoms with Gasteiger partial charge in [-0.2, -0.15) is 5.26 Å². The van der Waals surface area contributed by atoms with Crippen LogP contribution in [0.3, 0.4) is 0 Å². The molecule has 0 amide bonds. The first kappa shape index (κ1) is 11.1. The molecule has 2 rings (SSSR count). The van der Waals surface area contributed by atoms with Crippen LogP contribution in [-0.4, -0.2) is 18.1 Å². The molecule has 2 heterocycles. The highest BCUT2D eigenvalue weighted by Gasteiger charge is 2.32. The predicted octanol–water partition coefficient (Wildman–Crippen LogP) is 1.83. The van der Waals surface area contributed by atoms with Crippen molar-refractivity contribution >= 4 is 0 Å². The summed E-state index contributed by atoms with van der Waals surface area (Å²) >= 11 is 0. The molecule has 0 atom stereocenters. The Balaban J connectivity index is 2.12. The summed E-state index contributed by atoms with van der Waals surface area (Å²) < 4.78 is 0. The molecular formula is C13H17N3. The summed E-state index contributed by atoms with van der Waals surface area (Å²) in [6.45, 7) is 3.88. The molecule has 1 saturated heterocycles. The number of nitrogens with one attached hydrogen (secondary N) is 1. The maximum Gasteiger partial charge on any atom is 0.0694 e. The van der Waals surface area contributed by atoms with Crippen LogP contribution < -0.4 is 5.32 Å². The molecule has 0 aromatic carbocycles. The smallest absolute Gasteiger partial charge is 0.0694 e. The van der Waals surface area contributed by atoms with Crippen LogP contribution in [0, 0.1) is 23.7 Å². The van der Waals surface area contributed by atoms with Crippen molar-refractivity contribution in [1.82, 2.24) is 10.3 Å². The van der Waals surface area contributed by atoms with Crippen molar-refractivity contribution < 1.29 is 0 Å². The zero-order chi connectivity index (χ0) is 11.4. The van der Waals surface area contributed by atoms with E-state index in [1.165, 1.54) is 5.56 Å². The van der Waals surface area contributed by atoms with Gasteiger partial charge in [0.05, 0.1) is 11.5 Å². The molecule has 0 unspecified atom stereocenters. The monoisotopic (exact) mass is 215 g/mol. The second kappa shape index (κ2) is 4.63. The van der Waals surface area contributed by atoms with Gasteiger partial charge in [0, 0.05) is 11.9 Å². The number of pyridine rings is 1. The van der Waals surface area contributed by atoms with Gasteiger partial charge in [0.1, 0.15) is 0 Å². The van der Waals surface area contributed by atoms with Crippen LogP contribution in [0.15, 0.2) is 18.3 Å². The zero-order valence-electron chi connectivity index (χ0n) is 9.66. The van der Waals surface area contributed by atoms with E-state index >= 15 is 0 Å². The van der Waals surface area contributed by atoms with E-state index in [0.29, 0.717) is 0 Å². The first-order chi connectivity index (χ1) is 7.74. The van der Waals surface area contributed by atoms with Crippen LogP contribution in [0.5, 0.6) is 0 Å². The largest absolute Gasteiger partial charge is 0.317 e. The molecule has 1 aromatic heterocycles. The zero-order valence-corrected chi connectivity index (χ0v) is 9.66. The third kappa shape index (κ3) is 2.40. The normalized spacial score (nSPS) is 19.0. The van der Waals surface area contributed by atoms with Gasteiger partial charge < -0.3 is 5.32 Å². The first-order valence-electron chi connectivity index (χ1n) is 5.78. The maximum atomic E-state index is 9.36. The fourth-order valence-corrected chi connectivity index (χ4v) is 2.23. The van der Waals surface area contributed by atoms with E-state index in [0.717, 1.165) is 38.0 Å². The lowest BCUT2D eigenvalue weighted by Gasteiger charge is -2.31. The van der Waals surface area contributed by atoms with E-state index in [9.17, 15) is 5.26 Å². The van der Waals surface area contributed by atoms with Gasteiger partial charge >= 0.3 is 0 Å². The molecule has 1 fully saturated rings. The first-order valence-corrected chi connectivity index (χ1v) is 5.78. The van der Waals surface area contributed by atoms with Crippen LogP contribution in [-0.2, 0) is 6.42 Å². The Hall–Kier alpha value is -1.40. The molecule has 0 saturated carbocycles. The van der Waals surface area contributed by atoms with E-state index < -0.39 is 0 Å². The average Bonchev–Trinajstić information content (AvgIpc) is 2.33. The summed E-state index contributed by atoms with van der Waals surface area (Å²) in [7, 11) is 0. The van der Waals surface area contributed by atoms with Gasteiger partial charge in [-0.25, -0.2) is 0 Å². The summed E-state index contributed by atoms with van der Waals surface area (Å²) in [5, 5.41) is 12.7. The molecule has 0 bridgehead atoms. The van der Waals surface area contributed by atoms with Crippen molar-refractivity contribution in [2.75, 3.05) is 13.1 Å². The molecule has 0 spiro atoms. The van der Waals surface area contributed by atoms with Gasteiger partial charge in [-0.15, -0.1) is 0 Å². The van der Waals surface area contributed by atoms with Crippen molar-refractivity contribution in [1.29, 1.82) is 5.26 Å². The Morgan fingerprint density at radius 1 is 1.44 bits per heavy atom. The highest BCUT2D eigenvalue weighted by Crippen LogP contribution is 2.31. The van der Waals surface area contributed by atoms with Crippen molar-refractivity contribution in [3.05, 3.63) is 29.6 Å². The van der Waals surface area contributed by atoms with Gasteiger partial charge in [0.2, 0.25) is 0 Å². The predicted molar refractivity (Wildman–Crippen MR) is 62.8 cm³/mol. The third-order valence-corrected chi connectivity index (χ3v) is 3.31. The lowest BCUT2D eigenvalue weighted by molar-refractivity contribution is 0.280. The SMILES string of the molecule is Cc1ccc(CC2(C#N)CCNCC2)cn1. The van der Waals surface area contributed by atoms with Crippen molar-refractivity contribution in [3.63, 3.8) is 0 Å². The van der Waals surface area contributed by atoms with Crippen LogP contribution >= 0.6 is 0 Å². The molecule has 3 nitrogen and oxygen atoms in total. The Bertz CT molecular complexity index is 383. The second-order valence-corrected chi connectivity index (χ2v) is 4.63. The summed E-state index contributed by atoms with van der Waals surface area (Å²) in [4.78, 5) is 4.28. The highest BCUT2D eigenvalue weighted by molar-refractivity contribution is 5.18. The maximum absolute atomic E-state index is 9.36. The number of nitriles is 1. The fraction of sp³-hybridized carbons (Fsp3) is 0.538. The number of hydrogen-bond acceptors (Lipinski definition) is 3. The summed E-state index contributed by atoms with van der Waals surface area (Å²) in [5.41, 5.74) is 2.02. The number of rotatable bonds is 2. The lowest BCUT2D eigenvalue weighted by atomic mass is 9.76. The summed E-state index contributed by atoms with van der Waals surface area (Å²) in [6, 6.07) is 6.61. The molecule has 1 aromatic rings. The van der Waals surface area contributed by atoms with Crippen LogP contribution in [0.4, 0.5) is 0 Å². The molecule has 3 heteroatoms. The minimum atomic E-state index is -0.178. The molecule has 84 valence electrons. The summed E-state index contributed by atoms with van der Waals surface area (Å²) in [6.07, 6.45) is 4.61. The van der Waals surface area contributed by atoms with Gasteiger partial charge in [0.25, 0.3) is 0 Å². The number of aromatic nitrogens is 1. The number of nitrogens with zero attached hydrogens (tertiary/aromatic N) is 2. The van der Waals surface area contributed by atoms with Crippen LogP contribution in [0.2, 0.25) is 0 Å². The minimum Gasteiger partial charge on any atom is -0.317 e. The standard InChI is InChI=1S/C13H17N3/c1-11-2-3-12(9-16-11)8-13(10-14)4-6-15-7-5-13/h2-3,9,15H,4-8H2,1H3. The number of hydrogen-bond donors (Lipinski definition) is 1. The highest BCUT2D eigenvalue weighted by atomic mass is 14.9. The van der Waals surface area contributed by atoms with Crippen LogP contribution in [0.1, 0.15) is 24.1 Å². The van der Waals surface area contributed by atoms with E-state index in [4.69, 9.17) is 0 Å². The quantitative estimate of drug-likeness (QED) is 0.818. The van der Waals surface area contributed by atoms with Gasteiger partial charge in [-0.3, -0.25) is 4.98 Å². The molecule has 0 radical (unpaired) electrons. The van der Waals surface area contributed by atoms with Gasteiger partial charge in [-0.1, -0.05) is 6.07 Å². The molecule has 1 N–H and O–H groups in total. The van der Waals surface area contributed by atoms with Crippen molar-refractivity contribution in [2.24, 2.45) is 5.41 Å². The van der Waals surface area contributed by atoms with E-state index in [2.05, 4.69) is 22.4 Å². The number of aryl methyl sites for hydroxylation is 1. The van der Waals surface area contributed by atoms with E-state index in [1.807, 2.05) is 19.2 Å². The van der Waals surface area contributed by atoms with E-state index in [1.54, 1.807) is 0 Å². The summed E-state index contributed by atoms with van der Waals surface area (Å²) in [5.74, 6) is 0. The Kier molecular flexibility index (Phi) is 3.21. The van der Waals surface area contributed by atoms with Gasteiger partial charge in [-0.05, 0) is 50.9 Å². The molecule has 0 aliphatic carbocycles. The van der Waals surface area contributed by atoms with Gasteiger partial charge in [0.15, 0.2) is 0 Å². The molecule has 1 aliphatic rings. The van der Waals surface area contributed by atoms with Crippen molar-refractivity contribution in [3.8, 4) is 6.07 Å². The Labute approximate surface area is 96.5 Å². The fourth-order valence-electron chi connectivity index (χ4n) is 2.23. The minimum absolute atomic E-state index is 0.178.